The molecule has 0 saturated heterocycles. The number of nitrogens with zero attached hydrogens (tertiary/aromatic N) is 2. The summed E-state index contributed by atoms with van der Waals surface area (Å²) in [6.45, 7) is 0.926. The highest BCUT2D eigenvalue weighted by atomic mass is 19.4. The number of anilines is 2. The molecular formula is C18H21F3N4O. The number of hydrogen-bond donors (Lipinski definition) is 2. The van der Waals surface area contributed by atoms with E-state index in [-0.39, 0.29) is 5.91 Å². The molecule has 5 nitrogen and oxygen atoms in total. The largest absolute Gasteiger partial charge is 0.417 e. The van der Waals surface area contributed by atoms with Gasteiger partial charge in [-0.2, -0.15) is 13.2 Å². The smallest absolute Gasteiger partial charge is 0.378 e. The van der Waals surface area contributed by atoms with Crippen molar-refractivity contribution in [2.45, 2.75) is 12.6 Å². The van der Waals surface area contributed by atoms with Gasteiger partial charge in [0, 0.05) is 44.6 Å². The molecule has 0 spiro atoms. The Kier molecular flexibility index (Phi) is 6.43. The van der Waals surface area contributed by atoms with Crippen LogP contribution < -0.4 is 15.5 Å². The summed E-state index contributed by atoms with van der Waals surface area (Å²) in [4.78, 5) is 17.8. The van der Waals surface area contributed by atoms with Gasteiger partial charge in [0.2, 0.25) is 0 Å². The average Bonchev–Trinajstić information content (AvgIpc) is 2.61. The van der Waals surface area contributed by atoms with E-state index in [1.165, 1.54) is 6.07 Å². The Balaban J connectivity index is 1.73. The molecule has 0 bridgehead atoms. The molecule has 1 aromatic heterocycles. The highest BCUT2D eigenvalue weighted by Gasteiger charge is 2.30. The molecule has 0 unspecified atom stereocenters. The van der Waals surface area contributed by atoms with Crippen molar-refractivity contribution in [1.29, 1.82) is 0 Å². The molecule has 1 aromatic carbocycles. The van der Waals surface area contributed by atoms with E-state index in [2.05, 4.69) is 15.6 Å². The maximum Gasteiger partial charge on any atom is 0.417 e. The van der Waals surface area contributed by atoms with E-state index in [9.17, 15) is 18.0 Å². The van der Waals surface area contributed by atoms with Gasteiger partial charge >= 0.3 is 6.18 Å². The maximum atomic E-state index is 12.5. The quantitative estimate of drug-likeness (QED) is 0.738. The number of halogens is 3. The molecular weight excluding hydrogens is 345 g/mol. The van der Waals surface area contributed by atoms with Crippen molar-refractivity contribution in [2.24, 2.45) is 0 Å². The molecule has 0 aliphatic rings. The van der Waals surface area contributed by atoms with E-state index >= 15 is 0 Å². The molecule has 0 atom stereocenters. The Morgan fingerprint density at radius 1 is 1.15 bits per heavy atom. The van der Waals surface area contributed by atoms with Crippen LogP contribution >= 0.6 is 0 Å². The van der Waals surface area contributed by atoms with Crippen molar-refractivity contribution in [3.05, 3.63) is 53.7 Å². The second-order valence-electron chi connectivity index (χ2n) is 5.91. The molecule has 2 N–H and O–H groups in total. The first kappa shape index (κ1) is 19.6. The van der Waals surface area contributed by atoms with Gasteiger partial charge in [0.05, 0.1) is 5.56 Å². The molecule has 26 heavy (non-hydrogen) atoms. The third-order valence-electron chi connectivity index (χ3n) is 3.66. The molecule has 0 aliphatic carbocycles. The Morgan fingerprint density at radius 3 is 2.54 bits per heavy atom. The lowest BCUT2D eigenvalue weighted by molar-refractivity contribution is -0.137. The first-order valence-electron chi connectivity index (χ1n) is 8.10. The molecule has 0 saturated carbocycles. The van der Waals surface area contributed by atoms with Crippen LogP contribution in [0.25, 0.3) is 0 Å². The van der Waals surface area contributed by atoms with Gasteiger partial charge in [-0.1, -0.05) is 6.07 Å². The predicted octanol–water partition coefficient (Wildman–Crippen LogP) is 3.40. The molecule has 0 radical (unpaired) electrons. The van der Waals surface area contributed by atoms with Crippen LogP contribution in [0.3, 0.4) is 0 Å². The van der Waals surface area contributed by atoms with Crippen LogP contribution in [-0.2, 0) is 6.18 Å². The SMILES string of the molecule is CN(C)c1cccc(C(=O)NCCCNc2ccc(C(F)(F)F)cn2)c1. The monoisotopic (exact) mass is 366 g/mol. The lowest BCUT2D eigenvalue weighted by Gasteiger charge is -2.13. The number of nitrogens with one attached hydrogen (secondary N) is 2. The second kappa shape index (κ2) is 8.55. The Hall–Kier alpha value is -2.77. The van der Waals surface area contributed by atoms with Crippen LogP contribution in [0.1, 0.15) is 22.3 Å². The first-order chi connectivity index (χ1) is 12.3. The molecule has 1 heterocycles. The lowest BCUT2D eigenvalue weighted by atomic mass is 10.2. The fraction of sp³-hybridized carbons (Fsp3) is 0.333. The zero-order valence-corrected chi connectivity index (χ0v) is 14.6. The lowest BCUT2D eigenvalue weighted by Crippen LogP contribution is -2.26. The fourth-order valence-electron chi connectivity index (χ4n) is 2.20. The predicted molar refractivity (Wildman–Crippen MR) is 95.4 cm³/mol. The third kappa shape index (κ3) is 5.65. The Morgan fingerprint density at radius 2 is 1.92 bits per heavy atom. The van der Waals surface area contributed by atoms with Gasteiger partial charge in [-0.15, -0.1) is 0 Å². The summed E-state index contributed by atoms with van der Waals surface area (Å²) in [5.74, 6) is 0.198. The molecule has 0 fully saturated rings. The third-order valence-corrected chi connectivity index (χ3v) is 3.66. The number of amides is 1. The van der Waals surface area contributed by atoms with Gasteiger partial charge in [-0.3, -0.25) is 4.79 Å². The van der Waals surface area contributed by atoms with Crippen molar-refractivity contribution in [3.8, 4) is 0 Å². The van der Waals surface area contributed by atoms with Crippen LogP contribution in [0, 0.1) is 0 Å². The fourth-order valence-corrected chi connectivity index (χ4v) is 2.20. The van der Waals surface area contributed by atoms with Crippen LogP contribution in [0.4, 0.5) is 24.7 Å². The Labute approximate surface area is 150 Å². The number of rotatable bonds is 7. The van der Waals surface area contributed by atoms with E-state index in [1.807, 2.05) is 31.1 Å². The molecule has 2 rings (SSSR count). The number of aromatic nitrogens is 1. The standard InChI is InChI=1S/C18H21F3N4O/c1-25(2)15-6-3-5-13(11-15)17(26)23-10-4-9-22-16-8-7-14(12-24-16)18(19,20)21/h3,5-8,11-12H,4,9-10H2,1-2H3,(H,22,24)(H,23,26). The van der Waals surface area contributed by atoms with Crippen molar-refractivity contribution < 1.29 is 18.0 Å². The highest BCUT2D eigenvalue weighted by molar-refractivity contribution is 5.95. The van der Waals surface area contributed by atoms with Gasteiger partial charge in [0.25, 0.3) is 5.91 Å². The molecule has 2 aromatic rings. The molecule has 8 heteroatoms. The van der Waals surface area contributed by atoms with E-state index in [4.69, 9.17) is 0 Å². The van der Waals surface area contributed by atoms with Gasteiger partial charge in [0.15, 0.2) is 0 Å². The summed E-state index contributed by atoms with van der Waals surface area (Å²) < 4.78 is 37.4. The Bertz CT molecular complexity index is 730. The van der Waals surface area contributed by atoms with E-state index in [0.717, 1.165) is 18.0 Å². The number of alkyl halides is 3. The van der Waals surface area contributed by atoms with E-state index in [0.29, 0.717) is 30.9 Å². The number of hydrogen-bond acceptors (Lipinski definition) is 4. The van der Waals surface area contributed by atoms with Crippen molar-refractivity contribution in [2.75, 3.05) is 37.4 Å². The zero-order chi connectivity index (χ0) is 19.2. The van der Waals surface area contributed by atoms with Crippen LogP contribution in [0.15, 0.2) is 42.6 Å². The summed E-state index contributed by atoms with van der Waals surface area (Å²) in [5, 5.41) is 5.74. The van der Waals surface area contributed by atoms with Crippen LogP contribution in [0.2, 0.25) is 0 Å². The topological polar surface area (TPSA) is 57.3 Å². The van der Waals surface area contributed by atoms with Gasteiger partial charge < -0.3 is 15.5 Å². The summed E-state index contributed by atoms with van der Waals surface area (Å²) >= 11 is 0. The second-order valence-corrected chi connectivity index (χ2v) is 5.91. The zero-order valence-electron chi connectivity index (χ0n) is 14.6. The van der Waals surface area contributed by atoms with Crippen LogP contribution in [0.5, 0.6) is 0 Å². The number of pyridine rings is 1. The summed E-state index contributed by atoms with van der Waals surface area (Å²) in [5.41, 5.74) is 0.733. The van der Waals surface area contributed by atoms with Gasteiger partial charge in [-0.25, -0.2) is 4.98 Å². The number of carbonyl (C=O) groups excluding carboxylic acids is 1. The van der Waals surface area contributed by atoms with E-state index < -0.39 is 11.7 Å². The number of carbonyl (C=O) groups is 1. The highest BCUT2D eigenvalue weighted by Crippen LogP contribution is 2.28. The minimum absolute atomic E-state index is 0.165. The average molecular weight is 366 g/mol. The van der Waals surface area contributed by atoms with Gasteiger partial charge in [-0.05, 0) is 36.8 Å². The summed E-state index contributed by atoms with van der Waals surface area (Å²) in [6, 6.07) is 9.55. The van der Waals surface area contributed by atoms with Gasteiger partial charge in [0.1, 0.15) is 5.82 Å². The minimum Gasteiger partial charge on any atom is -0.378 e. The van der Waals surface area contributed by atoms with E-state index in [1.54, 1.807) is 12.1 Å². The molecule has 1 amide bonds. The number of benzene rings is 1. The van der Waals surface area contributed by atoms with Crippen LogP contribution in [-0.4, -0.2) is 38.1 Å². The first-order valence-corrected chi connectivity index (χ1v) is 8.10. The maximum absolute atomic E-state index is 12.5. The van der Waals surface area contributed by atoms with Crippen molar-refractivity contribution >= 4 is 17.4 Å². The summed E-state index contributed by atoms with van der Waals surface area (Å²) in [6.07, 6.45) is -2.98. The van der Waals surface area contributed by atoms with Crippen molar-refractivity contribution in [1.82, 2.24) is 10.3 Å². The molecule has 0 aliphatic heterocycles. The minimum atomic E-state index is -4.39. The summed E-state index contributed by atoms with van der Waals surface area (Å²) in [7, 11) is 3.80. The normalized spacial score (nSPS) is 11.1. The van der Waals surface area contributed by atoms with Crippen molar-refractivity contribution in [3.63, 3.8) is 0 Å². The molecule has 140 valence electrons.